The van der Waals surface area contributed by atoms with Crippen LogP contribution in [0.25, 0.3) is 0 Å². The molecule has 0 radical (unpaired) electrons. The van der Waals surface area contributed by atoms with Gasteiger partial charge in [-0.25, -0.2) is 8.42 Å². The molecule has 5 heteroatoms. The molecule has 0 N–H and O–H groups in total. The van der Waals surface area contributed by atoms with E-state index in [0.717, 1.165) is 31.5 Å². The van der Waals surface area contributed by atoms with E-state index < -0.39 is 9.84 Å². The highest BCUT2D eigenvalue weighted by Crippen LogP contribution is 2.29. The number of nitrogens with zero attached hydrogens (tertiary/aromatic N) is 1. The number of sulfone groups is 1. The van der Waals surface area contributed by atoms with Crippen molar-refractivity contribution in [1.29, 1.82) is 0 Å². The zero-order valence-electron chi connectivity index (χ0n) is 19.8. The Bertz CT molecular complexity index is 963. The summed E-state index contributed by atoms with van der Waals surface area (Å²) in [4.78, 5) is 2.47. The van der Waals surface area contributed by atoms with Gasteiger partial charge in [0, 0.05) is 18.8 Å². The number of anilines is 1. The second kappa shape index (κ2) is 9.74. The molecule has 1 saturated heterocycles. The van der Waals surface area contributed by atoms with Crippen LogP contribution < -0.4 is 4.90 Å². The Labute approximate surface area is 188 Å². The minimum atomic E-state index is -3.06. The van der Waals surface area contributed by atoms with E-state index >= 15 is 0 Å². The Balaban J connectivity index is 1.66. The van der Waals surface area contributed by atoms with E-state index in [4.69, 9.17) is 4.74 Å². The topological polar surface area (TPSA) is 46.6 Å². The molecule has 0 aliphatic carbocycles. The lowest BCUT2D eigenvalue weighted by Crippen LogP contribution is -2.46. The van der Waals surface area contributed by atoms with Crippen LogP contribution in [-0.4, -0.2) is 39.0 Å². The molecule has 0 spiro atoms. The Hall–Kier alpha value is -1.85. The molecule has 170 valence electrons. The Kier molecular flexibility index (Phi) is 7.48. The van der Waals surface area contributed by atoms with Crippen molar-refractivity contribution in [3.8, 4) is 0 Å². The normalized spacial score (nSPS) is 19.8. The average Bonchev–Trinajstić information content (AvgIpc) is 2.66. The molecule has 0 aromatic heterocycles. The zero-order valence-corrected chi connectivity index (χ0v) is 20.6. The molecule has 1 aliphatic rings. The quantitative estimate of drug-likeness (QED) is 0.602. The fourth-order valence-electron chi connectivity index (χ4n) is 4.54. The molecule has 4 nitrogen and oxygen atoms in total. The van der Waals surface area contributed by atoms with Crippen molar-refractivity contribution in [1.82, 2.24) is 0 Å². The van der Waals surface area contributed by atoms with Crippen molar-refractivity contribution in [3.63, 3.8) is 0 Å². The van der Waals surface area contributed by atoms with Gasteiger partial charge in [0.25, 0.3) is 0 Å². The van der Waals surface area contributed by atoms with Gasteiger partial charge in [0.05, 0.1) is 23.2 Å². The van der Waals surface area contributed by atoms with Crippen LogP contribution in [0.3, 0.4) is 0 Å². The van der Waals surface area contributed by atoms with Gasteiger partial charge in [0.1, 0.15) is 0 Å². The molecule has 0 saturated carbocycles. The summed E-state index contributed by atoms with van der Waals surface area (Å²) in [7, 11) is -3.06. The van der Waals surface area contributed by atoms with E-state index in [9.17, 15) is 8.42 Å². The van der Waals surface area contributed by atoms with Crippen LogP contribution in [0.5, 0.6) is 0 Å². The molecule has 1 fully saturated rings. The smallest absolute Gasteiger partial charge is 0.156 e. The number of morpholine rings is 1. The van der Waals surface area contributed by atoms with Gasteiger partial charge >= 0.3 is 0 Å². The molecule has 1 aliphatic heterocycles. The second-order valence-electron chi connectivity index (χ2n) is 9.41. The first-order chi connectivity index (χ1) is 14.5. The molecule has 1 heterocycles. The first-order valence-electron chi connectivity index (χ1n) is 11.3. The predicted octanol–water partition coefficient (Wildman–Crippen LogP) is 5.03. The van der Waals surface area contributed by atoms with Gasteiger partial charge in [-0.05, 0) is 82.2 Å². The van der Waals surface area contributed by atoms with E-state index in [-0.39, 0.29) is 23.2 Å². The number of benzene rings is 2. The summed E-state index contributed by atoms with van der Waals surface area (Å²) in [5.74, 6) is 0.115. The minimum Gasteiger partial charge on any atom is -0.372 e. The maximum atomic E-state index is 12.1. The molecule has 0 amide bonds. The van der Waals surface area contributed by atoms with Crippen molar-refractivity contribution in [2.75, 3.05) is 18.0 Å². The molecular formula is C26H37NO3S. The molecule has 0 bridgehead atoms. The highest BCUT2D eigenvalue weighted by molar-refractivity contribution is 7.91. The van der Waals surface area contributed by atoms with Crippen molar-refractivity contribution in [2.24, 2.45) is 0 Å². The standard InChI is InChI=1S/C26H37NO3S/c1-18(2)31(28,29)17-24-10-7-23(8-11-24)9-12-25-13-19(3)26(20(4)14-25)27-15-21(5)30-22(6)16-27/h7-8,10-11,13-14,18,21-22H,9,12,15-17H2,1-6H3/t21-,22+. The van der Waals surface area contributed by atoms with Crippen molar-refractivity contribution in [3.05, 3.63) is 64.2 Å². The third kappa shape index (κ3) is 6.11. The summed E-state index contributed by atoms with van der Waals surface area (Å²) in [6.45, 7) is 14.0. The molecule has 2 atom stereocenters. The largest absolute Gasteiger partial charge is 0.372 e. The SMILES string of the molecule is Cc1cc(CCc2ccc(CS(=O)(=O)C(C)C)cc2)cc(C)c1N1C[C@@H](C)O[C@@H](C)C1. The van der Waals surface area contributed by atoms with Crippen LogP contribution in [0.15, 0.2) is 36.4 Å². The van der Waals surface area contributed by atoms with Crippen molar-refractivity contribution in [2.45, 2.75) is 77.6 Å². The molecule has 2 aromatic rings. The maximum Gasteiger partial charge on any atom is 0.156 e. The van der Waals surface area contributed by atoms with Crippen molar-refractivity contribution < 1.29 is 13.2 Å². The van der Waals surface area contributed by atoms with Crippen LogP contribution in [0.4, 0.5) is 5.69 Å². The van der Waals surface area contributed by atoms with E-state index in [1.165, 1.54) is 27.9 Å². The second-order valence-corrected chi connectivity index (χ2v) is 12.0. The summed E-state index contributed by atoms with van der Waals surface area (Å²) in [6, 6.07) is 12.7. The van der Waals surface area contributed by atoms with Crippen LogP contribution in [0.1, 0.15) is 55.5 Å². The summed E-state index contributed by atoms with van der Waals surface area (Å²) in [6.07, 6.45) is 2.42. The molecule has 0 unspecified atom stereocenters. The van der Waals surface area contributed by atoms with Crippen LogP contribution in [0, 0.1) is 13.8 Å². The van der Waals surface area contributed by atoms with E-state index in [0.29, 0.717) is 0 Å². The van der Waals surface area contributed by atoms with Gasteiger partial charge in [-0.15, -0.1) is 0 Å². The third-order valence-corrected chi connectivity index (χ3v) is 8.27. The highest BCUT2D eigenvalue weighted by atomic mass is 32.2. The molecule has 2 aromatic carbocycles. The maximum absolute atomic E-state index is 12.1. The monoisotopic (exact) mass is 443 g/mol. The number of hydrogen-bond acceptors (Lipinski definition) is 4. The zero-order chi connectivity index (χ0) is 22.8. The van der Waals surface area contributed by atoms with Crippen molar-refractivity contribution >= 4 is 15.5 Å². The molecule has 31 heavy (non-hydrogen) atoms. The fraction of sp³-hybridized carbons (Fsp3) is 0.538. The van der Waals surface area contributed by atoms with Gasteiger partial charge in [-0.2, -0.15) is 0 Å². The molecular weight excluding hydrogens is 406 g/mol. The van der Waals surface area contributed by atoms with E-state index in [2.05, 4.69) is 56.9 Å². The van der Waals surface area contributed by atoms with Crippen LogP contribution >= 0.6 is 0 Å². The van der Waals surface area contributed by atoms with Crippen LogP contribution in [-0.2, 0) is 33.2 Å². The Morgan fingerprint density at radius 1 is 0.903 bits per heavy atom. The van der Waals surface area contributed by atoms with E-state index in [1.54, 1.807) is 13.8 Å². The Morgan fingerprint density at radius 2 is 1.39 bits per heavy atom. The van der Waals surface area contributed by atoms with E-state index in [1.807, 2.05) is 12.1 Å². The third-order valence-electron chi connectivity index (χ3n) is 6.10. The lowest BCUT2D eigenvalue weighted by molar-refractivity contribution is -0.00527. The number of ether oxygens (including phenoxy) is 1. The van der Waals surface area contributed by atoms with Gasteiger partial charge in [-0.3, -0.25) is 0 Å². The van der Waals surface area contributed by atoms with Gasteiger partial charge in [0.15, 0.2) is 9.84 Å². The summed E-state index contributed by atoms with van der Waals surface area (Å²) in [5.41, 5.74) is 7.44. The van der Waals surface area contributed by atoms with Gasteiger partial charge in [-0.1, -0.05) is 36.4 Å². The van der Waals surface area contributed by atoms with Gasteiger partial charge < -0.3 is 9.64 Å². The number of rotatable bonds is 7. The number of aryl methyl sites for hydroxylation is 4. The Morgan fingerprint density at radius 3 is 1.90 bits per heavy atom. The highest BCUT2D eigenvalue weighted by Gasteiger charge is 2.24. The molecule has 3 rings (SSSR count). The minimum absolute atomic E-state index is 0.115. The fourth-order valence-corrected chi connectivity index (χ4v) is 5.53. The average molecular weight is 444 g/mol. The lowest BCUT2D eigenvalue weighted by Gasteiger charge is -2.38. The summed E-state index contributed by atoms with van der Waals surface area (Å²) >= 11 is 0. The first kappa shape index (κ1) is 23.8. The first-order valence-corrected chi connectivity index (χ1v) is 13.1. The predicted molar refractivity (Wildman–Crippen MR) is 130 cm³/mol. The summed E-state index contributed by atoms with van der Waals surface area (Å²) < 4.78 is 30.2. The van der Waals surface area contributed by atoms with Crippen LogP contribution in [0.2, 0.25) is 0 Å². The number of hydrogen-bond donors (Lipinski definition) is 0. The summed E-state index contributed by atoms with van der Waals surface area (Å²) in [5, 5.41) is -0.342. The lowest BCUT2D eigenvalue weighted by atomic mass is 9.97. The van der Waals surface area contributed by atoms with Gasteiger partial charge in [0.2, 0.25) is 0 Å².